The van der Waals surface area contributed by atoms with Gasteiger partial charge in [-0.15, -0.1) is 0 Å². The molecule has 27 rings (SSSR count). The summed E-state index contributed by atoms with van der Waals surface area (Å²) in [5.41, 5.74) is 28.5. The van der Waals surface area contributed by atoms with E-state index in [1.807, 2.05) is 116 Å². The van der Waals surface area contributed by atoms with Crippen LogP contribution in [0, 0.1) is 41.5 Å². The zero-order valence-electron chi connectivity index (χ0n) is 86.8. The highest BCUT2D eigenvalue weighted by atomic mass is 16.4. The molecule has 10 aromatic carbocycles. The normalized spacial score (nSPS) is 14.8. The SMILES string of the molecule is Cc1cc2oc3ncc4ccccc4c3c2cc1-c1cccc[n+]1C.Cc1cc[n+](C)c(-c2cc3c(cc2C)oc2ncc4ccccc4c23)c1.[2H]C([2H])([2H])C([2H])(C)c1cc[n+](C)c(-c2cc3c(cc2C)oc2ncc4ccccc4c23)c1.[2H]C1(c2cc[n+](C)c(-c3cc4c(cc3C)oc3ncc5ccccc5c34)c2)CCCC1.[2H]C1(c2cc[n+](C)c(-c3cc4c(cc3C)oc3ncc5ccccc5c34)c2)CCCCC1. The van der Waals surface area contributed by atoms with E-state index in [0.29, 0.717) is 34.1 Å². The number of benzene rings is 10. The molecule has 15 heterocycles. The van der Waals surface area contributed by atoms with Crippen molar-refractivity contribution in [2.24, 2.45) is 35.2 Å². The molecule has 1 unspecified atom stereocenters. The maximum absolute atomic E-state index is 9.12. The fraction of sp³-hybridized carbons (Fsp3) is 0.200. The van der Waals surface area contributed by atoms with E-state index < -0.39 is 24.5 Å². The number of rotatable bonds is 8. The Morgan fingerprint density at radius 1 is 0.286 bits per heavy atom. The average Bonchev–Trinajstić information content (AvgIpc) is 1.58. The van der Waals surface area contributed by atoms with Gasteiger partial charge in [0.15, 0.2) is 31.0 Å². The minimum Gasteiger partial charge on any atom is -0.438 e. The smallest absolute Gasteiger partial charge is 0.227 e. The molecule has 0 aliphatic heterocycles. The predicted molar refractivity (Wildman–Crippen MR) is 568 cm³/mol. The molecule has 15 heteroatoms. The van der Waals surface area contributed by atoms with E-state index in [1.54, 1.807) is 6.07 Å². The van der Waals surface area contributed by atoms with Gasteiger partial charge in [-0.2, -0.15) is 0 Å². The molecule has 686 valence electrons. The molecule has 2 fully saturated rings. The van der Waals surface area contributed by atoms with Crippen LogP contribution in [-0.2, 0) is 35.2 Å². The minimum atomic E-state index is -2.44. The molecule has 2 aliphatic rings. The number of pyridine rings is 10. The van der Waals surface area contributed by atoms with Crippen molar-refractivity contribution in [3.63, 3.8) is 0 Å². The Balaban J connectivity index is 0.000000101. The Kier molecular flexibility index (Phi) is 21.0. The maximum atomic E-state index is 9.12. The van der Waals surface area contributed by atoms with Gasteiger partial charge in [0.25, 0.3) is 0 Å². The van der Waals surface area contributed by atoms with Crippen molar-refractivity contribution in [1.29, 1.82) is 0 Å². The lowest BCUT2D eigenvalue weighted by Gasteiger charge is -2.21. The van der Waals surface area contributed by atoms with Crippen LogP contribution in [0.1, 0.15) is 148 Å². The van der Waals surface area contributed by atoms with Crippen LogP contribution in [0.4, 0.5) is 0 Å². The van der Waals surface area contributed by atoms with E-state index in [1.165, 1.54) is 74.4 Å². The van der Waals surface area contributed by atoms with Crippen LogP contribution in [0.2, 0.25) is 0 Å². The molecule has 140 heavy (non-hydrogen) atoms. The zero-order valence-corrected chi connectivity index (χ0v) is 80.8. The van der Waals surface area contributed by atoms with E-state index in [9.17, 15) is 0 Å². The van der Waals surface area contributed by atoms with Crippen LogP contribution in [0.25, 0.3) is 220 Å². The van der Waals surface area contributed by atoms with Crippen molar-refractivity contribution in [3.05, 3.63) is 361 Å². The number of furan rings is 5. The van der Waals surface area contributed by atoms with E-state index in [0.717, 1.165) is 227 Å². The standard InChI is InChI=1S/C28H27N2O.C27H25N2O.C25H23N2O.C23H19N2O.C22H17N2O/c1-18-14-26-24(27-22-11-7-6-10-21(22)17-29-28(27)31-26)16-23(18)25-15-20(12-13-30(25)2)19-8-4-3-5-9-19;1-17-13-25-23(26-21-10-6-5-9-20(21)16-28-27(26)30-25)15-22(17)24-14-19(11-12-29(24)2)18-7-3-4-8-18;1-15(2)17-9-10-27(4)22(12-17)20-13-21-23(11-16(20)3)28-25-24(21)19-8-6-5-7-18(19)14-26-25;1-14-8-9-25(3)20(10-14)18-12-19-21(11-15(18)2)26-23-22(19)17-7-5-4-6-16(17)13-24-23;1-14-11-20-18(12-17(14)19-9-5-6-10-24(19)2)21-16-8-4-3-7-15(16)13-23-22(21)25-20/h6-7,10-17,19H,3-5,8-9H2,1-2H3;5-6,9-16,18H,3-4,7-8H2,1-2H3;5-15H,1-4H3;4-13H,1-3H3;3-13H,1-2H3/q5*+1/i19D;18D;1D3,15D;;. The van der Waals surface area contributed by atoms with Crippen molar-refractivity contribution in [1.82, 2.24) is 24.9 Å². The van der Waals surface area contributed by atoms with Gasteiger partial charge in [-0.25, -0.2) is 47.8 Å². The molecule has 2 saturated carbocycles. The summed E-state index contributed by atoms with van der Waals surface area (Å²) < 4.78 is 91.1. The molecule has 1 atom stereocenters. The fourth-order valence-corrected chi connectivity index (χ4v) is 21.4. The minimum absolute atomic E-state index is 0.453. The number of aromatic nitrogens is 10. The molecule has 15 nitrogen and oxygen atoms in total. The third-order valence-corrected chi connectivity index (χ3v) is 28.9. The number of hydrogen-bond acceptors (Lipinski definition) is 10. The highest BCUT2D eigenvalue weighted by Crippen LogP contribution is 2.46. The summed E-state index contributed by atoms with van der Waals surface area (Å²) in [4.78, 5) is 22.7. The van der Waals surface area contributed by atoms with Crippen LogP contribution in [-0.4, -0.2) is 24.9 Å². The van der Waals surface area contributed by atoms with Crippen LogP contribution >= 0.6 is 0 Å². The van der Waals surface area contributed by atoms with Gasteiger partial charge in [0.2, 0.25) is 57.0 Å². The summed E-state index contributed by atoms with van der Waals surface area (Å²) in [5, 5.41) is 22.0. The Bertz CT molecular complexity index is 9620. The molecule has 0 saturated heterocycles. The topological polar surface area (TPSA) is 150 Å². The van der Waals surface area contributed by atoms with Crippen LogP contribution < -0.4 is 22.8 Å². The van der Waals surface area contributed by atoms with E-state index >= 15 is 0 Å². The third kappa shape index (κ3) is 16.0. The lowest BCUT2D eigenvalue weighted by Crippen LogP contribution is -2.31. The zero-order chi connectivity index (χ0) is 101. The molecule has 0 spiro atoms. The Morgan fingerprint density at radius 2 is 0.557 bits per heavy atom. The molecular formula is C125H111N10O5+5. The van der Waals surface area contributed by atoms with Gasteiger partial charge >= 0.3 is 0 Å². The Labute approximate surface area is 820 Å². The third-order valence-electron chi connectivity index (χ3n) is 28.9. The van der Waals surface area contributed by atoms with Gasteiger partial charge in [0, 0.05) is 182 Å². The van der Waals surface area contributed by atoms with Crippen molar-refractivity contribution >= 4 is 164 Å². The van der Waals surface area contributed by atoms with Gasteiger partial charge in [0.05, 0.1) is 26.9 Å². The van der Waals surface area contributed by atoms with Crippen molar-refractivity contribution in [3.8, 4) is 56.3 Å². The summed E-state index contributed by atoms with van der Waals surface area (Å²) in [6.45, 7) is 11.7. The lowest BCUT2D eigenvalue weighted by molar-refractivity contribution is -0.660. The first-order valence-corrected chi connectivity index (χ1v) is 48.4. The number of hydrogen-bond donors (Lipinski definition) is 0. The summed E-state index contributed by atoms with van der Waals surface area (Å²) in [6.07, 6.45) is 29.2. The number of nitrogens with zero attached hydrogens (tertiary/aromatic N) is 10. The summed E-state index contributed by atoms with van der Waals surface area (Å²) in [7, 11) is 10.2. The van der Waals surface area contributed by atoms with Crippen LogP contribution in [0.15, 0.2) is 333 Å². The Morgan fingerprint density at radius 3 is 0.879 bits per heavy atom. The highest BCUT2D eigenvalue weighted by Gasteiger charge is 2.29. The fourth-order valence-electron chi connectivity index (χ4n) is 21.4. The van der Waals surface area contributed by atoms with Crippen molar-refractivity contribution < 1.29 is 53.1 Å². The molecule has 25 aromatic rings. The van der Waals surface area contributed by atoms with Crippen molar-refractivity contribution in [2.75, 3.05) is 0 Å². The van der Waals surface area contributed by atoms with Gasteiger partial charge in [0.1, 0.15) is 63.2 Å². The second-order valence-electron chi connectivity index (χ2n) is 38.2. The summed E-state index contributed by atoms with van der Waals surface area (Å²) in [6, 6.07) is 85.9. The molecular weight excluding hydrogens is 1720 g/mol. The van der Waals surface area contributed by atoms with Gasteiger partial charge in [-0.05, 0) is 229 Å². The first-order chi connectivity index (χ1) is 70.5. The van der Waals surface area contributed by atoms with Gasteiger partial charge in [-0.3, -0.25) is 0 Å². The molecule has 2 aliphatic carbocycles. The van der Waals surface area contributed by atoms with E-state index in [-0.39, 0.29) is 0 Å². The molecule has 0 bridgehead atoms. The highest BCUT2D eigenvalue weighted by molar-refractivity contribution is 6.23. The lowest BCUT2D eigenvalue weighted by atomic mass is 9.84. The van der Waals surface area contributed by atoms with Crippen LogP contribution in [0.5, 0.6) is 0 Å². The second-order valence-corrected chi connectivity index (χ2v) is 38.2. The Hall–Kier alpha value is -16.0. The first kappa shape index (κ1) is 81.2. The quantitative estimate of drug-likeness (QED) is 0.135. The molecule has 0 N–H and O–H groups in total. The van der Waals surface area contributed by atoms with E-state index in [2.05, 4.69) is 313 Å². The molecule has 0 amide bonds. The average molecular weight is 1840 g/mol. The monoisotopic (exact) mass is 1840 g/mol. The summed E-state index contributed by atoms with van der Waals surface area (Å²) in [5.74, 6) is -2.64. The largest absolute Gasteiger partial charge is 0.438 e. The molecule has 15 aromatic heterocycles. The predicted octanol–water partition coefficient (Wildman–Crippen LogP) is 29.8. The van der Waals surface area contributed by atoms with Gasteiger partial charge < -0.3 is 22.1 Å². The van der Waals surface area contributed by atoms with E-state index in [4.69, 9.17) is 30.3 Å². The van der Waals surface area contributed by atoms with Gasteiger partial charge in [-0.1, -0.05) is 167 Å². The number of fused-ring (bicyclic) bond motifs is 25. The first-order valence-electron chi connectivity index (χ1n) is 51.4. The number of aryl methyl sites for hydroxylation is 11. The van der Waals surface area contributed by atoms with Crippen molar-refractivity contribution in [2.45, 2.75) is 131 Å². The maximum Gasteiger partial charge on any atom is 0.227 e. The second kappa shape index (κ2) is 36.2. The summed E-state index contributed by atoms with van der Waals surface area (Å²) >= 11 is 0. The molecule has 0 radical (unpaired) electrons. The van der Waals surface area contributed by atoms with Crippen LogP contribution in [0.3, 0.4) is 0 Å².